The summed E-state index contributed by atoms with van der Waals surface area (Å²) in [5, 5.41) is 2.77. The van der Waals surface area contributed by atoms with Gasteiger partial charge in [-0.2, -0.15) is 0 Å². The van der Waals surface area contributed by atoms with E-state index in [0.29, 0.717) is 24.4 Å². The molecule has 2 aromatic rings. The second-order valence-electron chi connectivity index (χ2n) is 4.46. The molecule has 0 saturated heterocycles. The average Bonchev–Trinajstić information content (AvgIpc) is 2.43. The molecule has 6 nitrogen and oxygen atoms in total. The van der Waals surface area contributed by atoms with Crippen molar-refractivity contribution in [2.75, 3.05) is 6.54 Å². The minimum atomic E-state index is -0.264. The first kappa shape index (κ1) is 13.9. The zero-order chi connectivity index (χ0) is 14.4. The maximum Gasteiger partial charge on any atom is 0.254 e. The zero-order valence-corrected chi connectivity index (χ0v) is 11.2. The van der Waals surface area contributed by atoms with E-state index in [1.54, 1.807) is 19.3 Å². The number of hydrogen-bond acceptors (Lipinski definition) is 4. The van der Waals surface area contributed by atoms with Crippen molar-refractivity contribution in [2.45, 2.75) is 19.8 Å². The van der Waals surface area contributed by atoms with E-state index in [9.17, 15) is 9.59 Å². The van der Waals surface area contributed by atoms with Crippen LogP contribution < -0.4 is 10.9 Å². The highest BCUT2D eigenvalue weighted by molar-refractivity contribution is 5.78. The third-order valence-electron chi connectivity index (χ3n) is 2.81. The Morgan fingerprint density at radius 1 is 1.40 bits per heavy atom. The van der Waals surface area contributed by atoms with Gasteiger partial charge in [0.15, 0.2) is 0 Å². The molecule has 0 atom stereocenters. The number of nitrogens with zero attached hydrogens (tertiary/aromatic N) is 2. The van der Waals surface area contributed by atoms with Crippen LogP contribution in [0.2, 0.25) is 0 Å². The van der Waals surface area contributed by atoms with Gasteiger partial charge < -0.3 is 10.3 Å². The maximum atomic E-state index is 11.7. The lowest BCUT2D eigenvalue weighted by molar-refractivity contribution is -0.120. The van der Waals surface area contributed by atoms with E-state index in [2.05, 4.69) is 20.3 Å². The predicted molar refractivity (Wildman–Crippen MR) is 74.2 cm³/mol. The number of nitrogens with one attached hydrogen (secondary N) is 2. The Labute approximate surface area is 116 Å². The van der Waals surface area contributed by atoms with Crippen molar-refractivity contribution in [3.05, 3.63) is 58.0 Å². The fourth-order valence-corrected chi connectivity index (χ4v) is 1.76. The molecule has 0 radical (unpaired) electrons. The maximum absolute atomic E-state index is 11.7. The second kappa shape index (κ2) is 6.60. The standard InChI is InChI=1S/C14H16N4O2/c1-10-17-9-12(14(20)18-10)7-13(19)16-6-4-11-3-2-5-15-8-11/h2-3,5,8-9H,4,6-7H2,1H3,(H,16,19)(H,17,18,20). The lowest BCUT2D eigenvalue weighted by Crippen LogP contribution is -2.29. The summed E-state index contributed by atoms with van der Waals surface area (Å²) in [6.45, 7) is 2.21. The molecule has 0 aliphatic heterocycles. The van der Waals surface area contributed by atoms with Crippen LogP contribution in [-0.4, -0.2) is 27.4 Å². The molecule has 2 rings (SSSR count). The lowest BCUT2D eigenvalue weighted by atomic mass is 10.2. The zero-order valence-electron chi connectivity index (χ0n) is 11.2. The molecular weight excluding hydrogens is 256 g/mol. The van der Waals surface area contributed by atoms with Crippen LogP contribution in [0.25, 0.3) is 0 Å². The lowest BCUT2D eigenvalue weighted by Gasteiger charge is -2.05. The highest BCUT2D eigenvalue weighted by Crippen LogP contribution is 1.96. The number of aromatic amines is 1. The number of carbonyl (C=O) groups is 1. The van der Waals surface area contributed by atoms with Crippen LogP contribution >= 0.6 is 0 Å². The summed E-state index contributed by atoms with van der Waals surface area (Å²) < 4.78 is 0. The van der Waals surface area contributed by atoms with Gasteiger partial charge >= 0.3 is 0 Å². The topological polar surface area (TPSA) is 87.7 Å². The Kier molecular flexibility index (Phi) is 4.60. The van der Waals surface area contributed by atoms with Gasteiger partial charge in [-0.05, 0) is 25.0 Å². The highest BCUT2D eigenvalue weighted by Gasteiger charge is 2.07. The van der Waals surface area contributed by atoms with Crippen LogP contribution in [0.3, 0.4) is 0 Å². The van der Waals surface area contributed by atoms with E-state index >= 15 is 0 Å². The molecule has 0 bridgehead atoms. The van der Waals surface area contributed by atoms with Crippen LogP contribution in [0.1, 0.15) is 17.0 Å². The van der Waals surface area contributed by atoms with Gasteiger partial charge in [0, 0.05) is 30.7 Å². The number of pyridine rings is 1. The van der Waals surface area contributed by atoms with Crippen LogP contribution in [0, 0.1) is 6.92 Å². The van der Waals surface area contributed by atoms with Crippen molar-refractivity contribution < 1.29 is 4.79 Å². The number of aryl methyl sites for hydroxylation is 1. The van der Waals surface area contributed by atoms with Gasteiger partial charge in [-0.15, -0.1) is 0 Å². The monoisotopic (exact) mass is 272 g/mol. The van der Waals surface area contributed by atoms with Gasteiger partial charge in [-0.1, -0.05) is 6.07 Å². The van der Waals surface area contributed by atoms with Gasteiger partial charge in [0.2, 0.25) is 5.91 Å². The summed E-state index contributed by atoms with van der Waals surface area (Å²) in [5.74, 6) is 0.348. The van der Waals surface area contributed by atoms with Crippen LogP contribution in [0.5, 0.6) is 0 Å². The SMILES string of the molecule is Cc1ncc(CC(=O)NCCc2cccnc2)c(=O)[nH]1. The Balaban J connectivity index is 1.82. The number of hydrogen-bond donors (Lipinski definition) is 2. The molecule has 20 heavy (non-hydrogen) atoms. The summed E-state index contributed by atoms with van der Waals surface area (Å²) in [6, 6.07) is 3.81. The fourth-order valence-electron chi connectivity index (χ4n) is 1.76. The first-order valence-electron chi connectivity index (χ1n) is 6.35. The third-order valence-corrected chi connectivity index (χ3v) is 2.81. The molecule has 2 heterocycles. The molecule has 2 N–H and O–H groups in total. The Morgan fingerprint density at radius 2 is 2.25 bits per heavy atom. The largest absolute Gasteiger partial charge is 0.355 e. The number of amides is 1. The summed E-state index contributed by atoms with van der Waals surface area (Å²) in [4.78, 5) is 33.9. The number of aromatic nitrogens is 3. The molecule has 2 aromatic heterocycles. The predicted octanol–water partition coefficient (Wildman–Crippen LogP) is 0.375. The minimum absolute atomic E-state index is 0.0374. The normalized spacial score (nSPS) is 10.2. The van der Waals surface area contributed by atoms with Gasteiger partial charge in [0.1, 0.15) is 5.82 Å². The van der Waals surface area contributed by atoms with E-state index in [0.717, 1.165) is 5.56 Å². The first-order chi connectivity index (χ1) is 9.65. The van der Waals surface area contributed by atoms with Gasteiger partial charge in [-0.3, -0.25) is 14.6 Å². The summed E-state index contributed by atoms with van der Waals surface area (Å²) in [7, 11) is 0. The molecule has 1 amide bonds. The van der Waals surface area contributed by atoms with Crippen LogP contribution in [0.15, 0.2) is 35.5 Å². The molecule has 0 fully saturated rings. The second-order valence-corrected chi connectivity index (χ2v) is 4.46. The van der Waals surface area contributed by atoms with Crippen molar-refractivity contribution in [2.24, 2.45) is 0 Å². The Morgan fingerprint density at radius 3 is 2.95 bits per heavy atom. The quantitative estimate of drug-likeness (QED) is 0.823. The number of carbonyl (C=O) groups excluding carboxylic acids is 1. The highest BCUT2D eigenvalue weighted by atomic mass is 16.2. The van der Waals surface area contributed by atoms with Crippen molar-refractivity contribution in [3.8, 4) is 0 Å². The number of rotatable bonds is 5. The molecule has 0 aliphatic carbocycles. The number of H-pyrrole nitrogens is 1. The van der Waals surface area contributed by atoms with Crippen molar-refractivity contribution >= 4 is 5.91 Å². The van der Waals surface area contributed by atoms with E-state index in [-0.39, 0.29) is 17.9 Å². The molecule has 6 heteroatoms. The first-order valence-corrected chi connectivity index (χ1v) is 6.35. The van der Waals surface area contributed by atoms with E-state index in [4.69, 9.17) is 0 Å². The molecule has 0 unspecified atom stereocenters. The Hall–Kier alpha value is -2.50. The molecule has 0 aromatic carbocycles. The van der Waals surface area contributed by atoms with Gasteiger partial charge in [-0.25, -0.2) is 4.98 Å². The van der Waals surface area contributed by atoms with Gasteiger partial charge in [0.25, 0.3) is 5.56 Å². The molecule has 0 saturated carbocycles. The van der Waals surface area contributed by atoms with Crippen LogP contribution in [-0.2, 0) is 17.6 Å². The summed E-state index contributed by atoms with van der Waals surface area (Å²) >= 11 is 0. The third kappa shape index (κ3) is 4.01. The fraction of sp³-hybridized carbons (Fsp3) is 0.286. The smallest absolute Gasteiger partial charge is 0.254 e. The molecule has 0 spiro atoms. The van der Waals surface area contributed by atoms with E-state index in [1.165, 1.54) is 6.20 Å². The van der Waals surface area contributed by atoms with Crippen molar-refractivity contribution in [1.29, 1.82) is 0 Å². The van der Waals surface area contributed by atoms with Crippen LogP contribution in [0.4, 0.5) is 0 Å². The molecule has 104 valence electrons. The van der Waals surface area contributed by atoms with Crippen molar-refractivity contribution in [3.63, 3.8) is 0 Å². The molecular formula is C14H16N4O2. The van der Waals surface area contributed by atoms with E-state index < -0.39 is 0 Å². The minimum Gasteiger partial charge on any atom is -0.355 e. The van der Waals surface area contributed by atoms with Gasteiger partial charge in [0.05, 0.1) is 6.42 Å². The average molecular weight is 272 g/mol. The van der Waals surface area contributed by atoms with E-state index in [1.807, 2.05) is 12.1 Å². The molecule has 0 aliphatic rings. The Bertz CT molecular complexity index is 637. The summed E-state index contributed by atoms with van der Waals surface area (Å²) in [5.41, 5.74) is 1.16. The summed E-state index contributed by atoms with van der Waals surface area (Å²) in [6.07, 6.45) is 5.66. The van der Waals surface area contributed by atoms with Crippen molar-refractivity contribution in [1.82, 2.24) is 20.3 Å².